The van der Waals surface area contributed by atoms with Crippen molar-refractivity contribution in [3.63, 3.8) is 0 Å². The van der Waals surface area contributed by atoms with Crippen molar-refractivity contribution >= 4 is 17.7 Å². The maximum atomic E-state index is 12.8. The first-order valence-electron chi connectivity index (χ1n) is 8.90. The van der Waals surface area contributed by atoms with E-state index in [2.05, 4.69) is 6.58 Å². The minimum absolute atomic E-state index is 0.0541. The predicted molar refractivity (Wildman–Crippen MR) is 96.4 cm³/mol. The van der Waals surface area contributed by atoms with Crippen LogP contribution in [0.2, 0.25) is 0 Å². The van der Waals surface area contributed by atoms with Gasteiger partial charge in [0.15, 0.2) is 17.5 Å². The number of ketones is 1. The molecule has 1 saturated heterocycles. The maximum Gasteiger partial charge on any atom is 0.334 e. The Morgan fingerprint density at radius 1 is 1.37 bits per heavy atom. The fourth-order valence-corrected chi connectivity index (χ4v) is 3.58. The fraction of sp³-hybridized carbons (Fsp3) is 0.550. The summed E-state index contributed by atoms with van der Waals surface area (Å²) in [5.74, 6) is -3.82. The highest BCUT2D eigenvalue weighted by Crippen LogP contribution is 2.45. The van der Waals surface area contributed by atoms with E-state index in [0.717, 1.165) is 6.08 Å². The van der Waals surface area contributed by atoms with Crippen LogP contribution >= 0.6 is 0 Å². The molecule has 0 aromatic carbocycles. The number of carbonyl (C=O) groups is 3. The lowest BCUT2D eigenvalue weighted by Crippen LogP contribution is -2.61. The van der Waals surface area contributed by atoms with Crippen LogP contribution in [0.5, 0.6) is 0 Å². The molecule has 2 rings (SSSR count). The van der Waals surface area contributed by atoms with Crippen molar-refractivity contribution in [2.24, 2.45) is 11.8 Å². The van der Waals surface area contributed by atoms with Crippen LogP contribution in [-0.2, 0) is 23.9 Å². The average Bonchev–Trinajstić information content (AvgIpc) is 2.87. The number of ether oxygens (including phenoxy) is 2. The van der Waals surface area contributed by atoms with Gasteiger partial charge in [0.25, 0.3) is 0 Å². The predicted octanol–water partition coefficient (Wildman–Crippen LogP) is 1.24. The molecule has 7 nitrogen and oxygen atoms in total. The summed E-state index contributed by atoms with van der Waals surface area (Å²) in [6.45, 7) is 9.97. The third kappa shape index (κ3) is 3.49. The molecule has 7 heteroatoms. The summed E-state index contributed by atoms with van der Waals surface area (Å²) in [7, 11) is 0. The molecule has 2 aliphatic rings. The van der Waals surface area contributed by atoms with Gasteiger partial charge in [-0.1, -0.05) is 25.7 Å². The van der Waals surface area contributed by atoms with Gasteiger partial charge in [-0.05, 0) is 33.3 Å². The molecule has 1 saturated carbocycles. The summed E-state index contributed by atoms with van der Waals surface area (Å²) in [5, 5.41) is 22.0. The van der Waals surface area contributed by atoms with Crippen LogP contribution in [0.1, 0.15) is 34.1 Å². The standard InChI is InChI=1S/C20H26O7/c1-6-8-15(22)20(25)12(5)14(21)9-13-11(4)19(24)26-16(13)17(20)27-18(23)10(3)7-2/h6-8,12-14,16-17,21,25H,4,9H2,1-3,5H3. The minimum atomic E-state index is -2.26. The van der Waals surface area contributed by atoms with Crippen molar-refractivity contribution in [1.82, 2.24) is 0 Å². The third-order valence-electron chi connectivity index (χ3n) is 5.55. The number of fused-ring (bicyclic) bond motifs is 1. The Hall–Kier alpha value is -2.25. The molecule has 6 atom stereocenters. The largest absolute Gasteiger partial charge is 0.454 e. The Morgan fingerprint density at radius 2 is 2.00 bits per heavy atom. The molecule has 2 N–H and O–H groups in total. The Balaban J connectivity index is 2.61. The summed E-state index contributed by atoms with van der Waals surface area (Å²) in [6.07, 6.45) is 0.450. The van der Waals surface area contributed by atoms with Crippen molar-refractivity contribution in [1.29, 1.82) is 0 Å². The number of aliphatic hydroxyl groups is 2. The van der Waals surface area contributed by atoms with Crippen molar-refractivity contribution in [3.8, 4) is 0 Å². The van der Waals surface area contributed by atoms with E-state index in [1.54, 1.807) is 13.8 Å². The number of carbonyl (C=O) groups excluding carboxylic acids is 3. The van der Waals surface area contributed by atoms with E-state index in [0.29, 0.717) is 0 Å². The molecule has 1 heterocycles. The van der Waals surface area contributed by atoms with Gasteiger partial charge in [-0.25, -0.2) is 9.59 Å². The first-order chi connectivity index (χ1) is 12.6. The molecule has 0 aromatic heterocycles. The normalized spacial score (nSPS) is 37.0. The van der Waals surface area contributed by atoms with Crippen LogP contribution in [0.3, 0.4) is 0 Å². The second-order valence-electron chi connectivity index (χ2n) is 7.08. The van der Waals surface area contributed by atoms with E-state index in [1.165, 1.54) is 26.0 Å². The van der Waals surface area contributed by atoms with Crippen LogP contribution < -0.4 is 0 Å². The van der Waals surface area contributed by atoms with Crippen molar-refractivity contribution in [3.05, 3.63) is 36.0 Å². The smallest absolute Gasteiger partial charge is 0.334 e. The minimum Gasteiger partial charge on any atom is -0.454 e. The molecule has 0 bridgehead atoms. The molecule has 0 spiro atoms. The van der Waals surface area contributed by atoms with Crippen LogP contribution in [-0.4, -0.2) is 51.8 Å². The van der Waals surface area contributed by atoms with E-state index in [-0.39, 0.29) is 17.6 Å². The molecular weight excluding hydrogens is 352 g/mol. The number of allylic oxidation sites excluding steroid dienone is 2. The summed E-state index contributed by atoms with van der Waals surface area (Å²) in [4.78, 5) is 37.2. The van der Waals surface area contributed by atoms with Crippen LogP contribution in [0.25, 0.3) is 0 Å². The number of aliphatic hydroxyl groups excluding tert-OH is 1. The average molecular weight is 378 g/mol. The lowest BCUT2D eigenvalue weighted by molar-refractivity contribution is -0.195. The number of esters is 2. The van der Waals surface area contributed by atoms with Gasteiger partial charge in [0.2, 0.25) is 0 Å². The Kier molecular flexibility index (Phi) is 6.07. The van der Waals surface area contributed by atoms with E-state index >= 15 is 0 Å². The van der Waals surface area contributed by atoms with Crippen LogP contribution in [0.4, 0.5) is 0 Å². The Labute approximate surface area is 158 Å². The van der Waals surface area contributed by atoms with Gasteiger partial charge in [-0.15, -0.1) is 0 Å². The fourth-order valence-electron chi connectivity index (χ4n) is 3.58. The van der Waals surface area contributed by atoms with Crippen molar-refractivity contribution in [2.75, 3.05) is 0 Å². The zero-order chi connectivity index (χ0) is 20.5. The lowest BCUT2D eigenvalue weighted by atomic mass is 9.77. The molecule has 27 heavy (non-hydrogen) atoms. The lowest BCUT2D eigenvalue weighted by Gasteiger charge is -2.39. The molecule has 0 amide bonds. The van der Waals surface area contributed by atoms with E-state index in [4.69, 9.17) is 9.47 Å². The van der Waals surface area contributed by atoms with Gasteiger partial charge in [-0.3, -0.25) is 4.79 Å². The highest BCUT2D eigenvalue weighted by molar-refractivity contribution is 5.99. The first-order valence-corrected chi connectivity index (χ1v) is 8.90. The highest BCUT2D eigenvalue weighted by Gasteiger charge is 2.62. The second-order valence-corrected chi connectivity index (χ2v) is 7.08. The molecule has 0 radical (unpaired) electrons. The number of hydrogen-bond acceptors (Lipinski definition) is 7. The van der Waals surface area contributed by atoms with E-state index < -0.39 is 53.5 Å². The first kappa shape index (κ1) is 21.1. The Morgan fingerprint density at radius 3 is 2.56 bits per heavy atom. The van der Waals surface area contributed by atoms with Gasteiger partial charge in [0, 0.05) is 23.0 Å². The van der Waals surface area contributed by atoms with Crippen LogP contribution in [0.15, 0.2) is 36.0 Å². The molecule has 6 unspecified atom stereocenters. The topological polar surface area (TPSA) is 110 Å². The quantitative estimate of drug-likeness (QED) is 0.559. The molecule has 1 aliphatic carbocycles. The molecule has 2 fully saturated rings. The molecule has 148 valence electrons. The second kappa shape index (κ2) is 7.78. The highest BCUT2D eigenvalue weighted by atomic mass is 16.6. The van der Waals surface area contributed by atoms with Gasteiger partial charge in [0.1, 0.15) is 6.10 Å². The summed E-state index contributed by atoms with van der Waals surface area (Å²) >= 11 is 0. The Bertz CT molecular complexity index is 720. The molecule has 1 aliphatic heterocycles. The van der Waals surface area contributed by atoms with Gasteiger partial charge in [-0.2, -0.15) is 0 Å². The van der Waals surface area contributed by atoms with E-state index in [9.17, 15) is 24.6 Å². The summed E-state index contributed by atoms with van der Waals surface area (Å²) in [6, 6.07) is 0. The zero-order valence-corrected chi connectivity index (χ0v) is 16.0. The monoisotopic (exact) mass is 378 g/mol. The van der Waals surface area contributed by atoms with Gasteiger partial charge >= 0.3 is 11.9 Å². The SMILES string of the molecule is C=C1C(=O)OC2C1CC(O)C(C)C(O)(C(=O)C=CC)C2OC(=O)C(C)=CC. The third-order valence-corrected chi connectivity index (χ3v) is 5.55. The van der Waals surface area contributed by atoms with Gasteiger partial charge in [0.05, 0.1) is 6.10 Å². The zero-order valence-electron chi connectivity index (χ0n) is 16.0. The van der Waals surface area contributed by atoms with Crippen LogP contribution in [0, 0.1) is 11.8 Å². The van der Waals surface area contributed by atoms with E-state index in [1.807, 2.05) is 0 Å². The van der Waals surface area contributed by atoms with Crippen molar-refractivity contribution in [2.45, 2.75) is 58.0 Å². The summed E-state index contributed by atoms with van der Waals surface area (Å²) in [5.41, 5.74) is -1.87. The van der Waals surface area contributed by atoms with Gasteiger partial charge < -0.3 is 19.7 Å². The number of hydrogen-bond donors (Lipinski definition) is 2. The summed E-state index contributed by atoms with van der Waals surface area (Å²) < 4.78 is 10.8. The van der Waals surface area contributed by atoms with Crippen molar-refractivity contribution < 1.29 is 34.1 Å². The number of rotatable bonds is 4. The molecule has 0 aromatic rings. The maximum absolute atomic E-state index is 12.8. The molecular formula is C20H26O7.